The van der Waals surface area contributed by atoms with Gasteiger partial charge in [0.1, 0.15) is 0 Å². The van der Waals surface area contributed by atoms with E-state index in [0.29, 0.717) is 5.88 Å². The van der Waals surface area contributed by atoms with Gasteiger partial charge in [-0.3, -0.25) is 4.79 Å². The second-order valence-corrected chi connectivity index (χ2v) is 5.02. The van der Waals surface area contributed by atoms with Gasteiger partial charge in [-0.05, 0) is 13.3 Å². The van der Waals surface area contributed by atoms with Gasteiger partial charge >= 0.3 is 0 Å². The van der Waals surface area contributed by atoms with E-state index in [2.05, 4.69) is 5.32 Å². The van der Waals surface area contributed by atoms with Crippen LogP contribution in [0.25, 0.3) is 0 Å². The third-order valence-electron chi connectivity index (χ3n) is 2.17. The summed E-state index contributed by atoms with van der Waals surface area (Å²) >= 11 is 5.79. The molecule has 0 radical (unpaired) electrons. The Morgan fingerprint density at radius 3 is 2.00 bits per heavy atom. The number of nitrogens with one attached hydrogen (secondary N) is 1. The Bertz CT molecular complexity index is 180. The number of rotatable bonds is 3. The van der Waals surface area contributed by atoms with Gasteiger partial charge in [0.25, 0.3) is 0 Å². The highest BCUT2D eigenvalue weighted by Gasteiger charge is 2.29. The highest BCUT2D eigenvalue weighted by Crippen LogP contribution is 2.18. The van der Waals surface area contributed by atoms with Crippen molar-refractivity contribution >= 4 is 17.5 Å². The average Bonchev–Trinajstić information content (AvgIpc) is 2.02. The molecule has 0 spiro atoms. The van der Waals surface area contributed by atoms with Crippen LogP contribution in [0.2, 0.25) is 0 Å². The molecule has 13 heavy (non-hydrogen) atoms. The molecule has 0 saturated carbocycles. The van der Waals surface area contributed by atoms with Gasteiger partial charge in [-0.25, -0.2) is 0 Å². The van der Waals surface area contributed by atoms with E-state index in [1.165, 1.54) is 0 Å². The van der Waals surface area contributed by atoms with E-state index in [9.17, 15) is 4.79 Å². The molecular formula is C10H20ClNO. The molecule has 3 heteroatoms. The maximum atomic E-state index is 11.6. The molecule has 1 N–H and O–H groups in total. The first-order chi connectivity index (χ1) is 5.75. The van der Waals surface area contributed by atoms with E-state index in [1.807, 2.05) is 34.6 Å². The van der Waals surface area contributed by atoms with E-state index >= 15 is 0 Å². The Morgan fingerprint density at radius 1 is 1.31 bits per heavy atom. The summed E-state index contributed by atoms with van der Waals surface area (Å²) in [7, 11) is 0. The summed E-state index contributed by atoms with van der Waals surface area (Å²) in [4.78, 5) is 11.6. The van der Waals surface area contributed by atoms with Crippen LogP contribution in [0, 0.1) is 5.41 Å². The molecule has 0 fully saturated rings. The minimum atomic E-state index is -0.345. The van der Waals surface area contributed by atoms with Gasteiger partial charge < -0.3 is 5.32 Å². The standard InChI is InChI=1S/C10H20ClNO/c1-6-10(5,7-11)12-8(13)9(2,3)4/h6-7H2,1-5H3,(H,12,13). The third kappa shape index (κ3) is 3.99. The lowest BCUT2D eigenvalue weighted by molar-refractivity contribution is -0.130. The summed E-state index contributed by atoms with van der Waals surface area (Å²) in [6.07, 6.45) is 0.846. The summed E-state index contributed by atoms with van der Waals surface area (Å²) in [6, 6.07) is 0. The number of carbonyl (C=O) groups excluding carboxylic acids is 1. The molecule has 78 valence electrons. The largest absolute Gasteiger partial charge is 0.349 e. The number of hydrogen-bond acceptors (Lipinski definition) is 1. The molecule has 0 saturated heterocycles. The normalized spacial score (nSPS) is 16.5. The Hall–Kier alpha value is -0.240. The fourth-order valence-corrected chi connectivity index (χ4v) is 0.934. The second-order valence-electron chi connectivity index (χ2n) is 4.75. The number of amides is 1. The molecule has 0 aliphatic carbocycles. The molecule has 0 aliphatic heterocycles. The van der Waals surface area contributed by atoms with Crippen LogP contribution in [-0.2, 0) is 4.79 Å². The topological polar surface area (TPSA) is 29.1 Å². The number of alkyl halides is 1. The van der Waals surface area contributed by atoms with E-state index in [0.717, 1.165) is 6.42 Å². The molecule has 1 amide bonds. The van der Waals surface area contributed by atoms with Crippen LogP contribution in [0.4, 0.5) is 0 Å². The summed E-state index contributed by atoms with van der Waals surface area (Å²) in [6.45, 7) is 9.67. The number of hydrogen-bond donors (Lipinski definition) is 1. The minimum Gasteiger partial charge on any atom is -0.349 e. The highest BCUT2D eigenvalue weighted by molar-refractivity contribution is 6.18. The van der Waals surface area contributed by atoms with Gasteiger partial charge in [0.2, 0.25) is 5.91 Å². The first-order valence-corrected chi connectivity index (χ1v) is 5.17. The van der Waals surface area contributed by atoms with Gasteiger partial charge in [-0.1, -0.05) is 27.7 Å². The van der Waals surface area contributed by atoms with Crippen LogP contribution in [0.1, 0.15) is 41.0 Å². The minimum absolute atomic E-state index is 0.0532. The monoisotopic (exact) mass is 205 g/mol. The van der Waals surface area contributed by atoms with Crippen molar-refractivity contribution in [1.29, 1.82) is 0 Å². The van der Waals surface area contributed by atoms with Crippen LogP contribution in [0.5, 0.6) is 0 Å². The maximum Gasteiger partial charge on any atom is 0.225 e. The van der Waals surface area contributed by atoms with Crippen molar-refractivity contribution in [3.63, 3.8) is 0 Å². The predicted octanol–water partition coefficient (Wildman–Crippen LogP) is 2.56. The zero-order valence-electron chi connectivity index (χ0n) is 9.20. The fraction of sp³-hybridized carbons (Fsp3) is 0.900. The molecule has 0 heterocycles. The summed E-state index contributed by atoms with van der Waals surface area (Å²) in [5.74, 6) is 0.503. The second kappa shape index (κ2) is 4.32. The molecule has 0 aliphatic rings. The van der Waals surface area contributed by atoms with Gasteiger partial charge in [0.15, 0.2) is 0 Å². The van der Waals surface area contributed by atoms with Crippen molar-refractivity contribution in [1.82, 2.24) is 5.32 Å². The van der Waals surface area contributed by atoms with Crippen LogP contribution >= 0.6 is 11.6 Å². The number of carbonyl (C=O) groups is 1. The van der Waals surface area contributed by atoms with Crippen molar-refractivity contribution in [2.75, 3.05) is 5.88 Å². The smallest absolute Gasteiger partial charge is 0.225 e. The Morgan fingerprint density at radius 2 is 1.77 bits per heavy atom. The Balaban J connectivity index is 4.35. The van der Waals surface area contributed by atoms with Crippen molar-refractivity contribution in [3.05, 3.63) is 0 Å². The lowest BCUT2D eigenvalue weighted by Gasteiger charge is -2.31. The molecule has 2 nitrogen and oxygen atoms in total. The van der Waals surface area contributed by atoms with Crippen LogP contribution < -0.4 is 5.32 Å². The first kappa shape index (κ1) is 12.8. The van der Waals surface area contributed by atoms with E-state index in [-0.39, 0.29) is 16.9 Å². The zero-order chi connectivity index (χ0) is 10.7. The first-order valence-electron chi connectivity index (χ1n) is 4.64. The zero-order valence-corrected chi connectivity index (χ0v) is 9.96. The molecule has 0 bridgehead atoms. The van der Waals surface area contributed by atoms with Gasteiger partial charge in [0.05, 0.1) is 5.54 Å². The van der Waals surface area contributed by atoms with Gasteiger partial charge in [-0.15, -0.1) is 11.6 Å². The van der Waals surface area contributed by atoms with Crippen molar-refractivity contribution in [2.45, 2.75) is 46.6 Å². The van der Waals surface area contributed by atoms with Crippen molar-refractivity contribution < 1.29 is 4.79 Å². The fourth-order valence-electron chi connectivity index (χ4n) is 0.678. The van der Waals surface area contributed by atoms with E-state index in [4.69, 9.17) is 11.6 Å². The third-order valence-corrected chi connectivity index (χ3v) is 2.76. The molecule has 1 atom stereocenters. The van der Waals surface area contributed by atoms with Gasteiger partial charge in [-0.2, -0.15) is 0 Å². The van der Waals surface area contributed by atoms with E-state index < -0.39 is 0 Å². The van der Waals surface area contributed by atoms with Crippen molar-refractivity contribution in [2.24, 2.45) is 5.41 Å². The van der Waals surface area contributed by atoms with Crippen LogP contribution in [-0.4, -0.2) is 17.3 Å². The lowest BCUT2D eigenvalue weighted by atomic mass is 9.92. The molecule has 0 aromatic heterocycles. The summed E-state index contributed by atoms with van der Waals surface area (Å²) < 4.78 is 0. The van der Waals surface area contributed by atoms with E-state index in [1.54, 1.807) is 0 Å². The molecule has 0 rings (SSSR count). The molecule has 0 aromatic rings. The molecule has 0 aromatic carbocycles. The predicted molar refractivity (Wildman–Crippen MR) is 57.0 cm³/mol. The number of halogens is 1. The quantitative estimate of drug-likeness (QED) is 0.705. The maximum absolute atomic E-state index is 11.6. The summed E-state index contributed by atoms with van der Waals surface area (Å²) in [5, 5.41) is 2.96. The molecular weight excluding hydrogens is 186 g/mol. The van der Waals surface area contributed by atoms with Crippen LogP contribution in [0.3, 0.4) is 0 Å². The van der Waals surface area contributed by atoms with Crippen molar-refractivity contribution in [3.8, 4) is 0 Å². The lowest BCUT2D eigenvalue weighted by Crippen LogP contribution is -2.50. The molecule has 1 unspecified atom stereocenters. The Labute approximate surface area is 86.0 Å². The van der Waals surface area contributed by atoms with Crippen LogP contribution in [0.15, 0.2) is 0 Å². The highest BCUT2D eigenvalue weighted by atomic mass is 35.5. The Kier molecular flexibility index (Phi) is 4.24. The average molecular weight is 206 g/mol. The summed E-state index contributed by atoms with van der Waals surface area (Å²) in [5.41, 5.74) is -0.617. The van der Waals surface area contributed by atoms with Gasteiger partial charge in [0, 0.05) is 11.3 Å². The SMILES string of the molecule is CCC(C)(CCl)NC(=O)C(C)(C)C.